The molecular weight excluding hydrogens is 292 g/mol. The van der Waals surface area contributed by atoms with Gasteiger partial charge in [0.1, 0.15) is 0 Å². The van der Waals surface area contributed by atoms with Crippen molar-refractivity contribution in [3.8, 4) is 11.5 Å². The number of hydrogen-bond donors (Lipinski definition) is 1. The van der Waals surface area contributed by atoms with E-state index in [1.807, 2.05) is 6.92 Å². The third-order valence-electron chi connectivity index (χ3n) is 4.39. The van der Waals surface area contributed by atoms with Gasteiger partial charge in [-0.15, -0.1) is 6.58 Å². The highest BCUT2D eigenvalue weighted by Crippen LogP contribution is 2.32. The number of nitrogens with zero attached hydrogens (tertiary/aromatic N) is 1. The molecule has 1 aliphatic heterocycles. The third-order valence-corrected chi connectivity index (χ3v) is 4.39. The number of rotatable bonds is 6. The Bertz CT molecular complexity index is 537. The van der Waals surface area contributed by atoms with Crippen molar-refractivity contribution in [2.24, 2.45) is 0 Å². The molecule has 2 rings (SSSR count). The molecule has 0 aliphatic carbocycles. The van der Waals surface area contributed by atoms with Crippen molar-refractivity contribution in [3.63, 3.8) is 0 Å². The SMILES string of the molecule is C=CCNC(=O)[C@H](C)N1CCc2cc(OC)c(OC)cc2CC1. The molecule has 1 aromatic rings. The Morgan fingerprint density at radius 1 is 1.26 bits per heavy atom. The normalized spacial score (nSPS) is 16.0. The molecule has 1 amide bonds. The minimum Gasteiger partial charge on any atom is -0.493 e. The van der Waals surface area contributed by atoms with E-state index in [2.05, 4.69) is 28.9 Å². The van der Waals surface area contributed by atoms with Crippen LogP contribution >= 0.6 is 0 Å². The maximum atomic E-state index is 12.1. The number of methoxy groups -OCH3 is 2. The molecule has 23 heavy (non-hydrogen) atoms. The number of carbonyl (C=O) groups is 1. The van der Waals surface area contributed by atoms with Crippen LogP contribution in [0, 0.1) is 0 Å². The number of nitrogens with one attached hydrogen (secondary N) is 1. The molecule has 0 aromatic heterocycles. The topological polar surface area (TPSA) is 50.8 Å². The van der Waals surface area contributed by atoms with Crippen LogP contribution in [0.4, 0.5) is 0 Å². The third kappa shape index (κ3) is 4.05. The lowest BCUT2D eigenvalue weighted by atomic mass is 10.0. The molecule has 0 saturated heterocycles. The Morgan fingerprint density at radius 3 is 2.22 bits per heavy atom. The van der Waals surface area contributed by atoms with Gasteiger partial charge in [0.15, 0.2) is 11.5 Å². The first-order valence-electron chi connectivity index (χ1n) is 7.97. The van der Waals surface area contributed by atoms with Gasteiger partial charge in [-0.1, -0.05) is 6.08 Å². The molecule has 126 valence electrons. The van der Waals surface area contributed by atoms with Gasteiger partial charge in [0.25, 0.3) is 0 Å². The summed E-state index contributed by atoms with van der Waals surface area (Å²) in [7, 11) is 3.30. The van der Waals surface area contributed by atoms with Gasteiger partial charge in [0.05, 0.1) is 20.3 Å². The van der Waals surface area contributed by atoms with Crippen LogP contribution in [-0.4, -0.2) is 50.7 Å². The first-order valence-corrected chi connectivity index (χ1v) is 7.97. The van der Waals surface area contributed by atoms with Crippen LogP contribution in [0.1, 0.15) is 18.1 Å². The smallest absolute Gasteiger partial charge is 0.237 e. The van der Waals surface area contributed by atoms with E-state index in [0.717, 1.165) is 37.4 Å². The lowest BCUT2D eigenvalue weighted by Crippen LogP contribution is -2.46. The summed E-state index contributed by atoms with van der Waals surface area (Å²) in [4.78, 5) is 14.4. The maximum absolute atomic E-state index is 12.1. The first kappa shape index (κ1) is 17.3. The minimum atomic E-state index is -0.145. The van der Waals surface area contributed by atoms with E-state index >= 15 is 0 Å². The number of ether oxygens (including phenoxy) is 2. The average molecular weight is 318 g/mol. The number of hydrogen-bond acceptors (Lipinski definition) is 4. The minimum absolute atomic E-state index is 0.0472. The molecule has 1 aliphatic rings. The quantitative estimate of drug-likeness (QED) is 0.813. The Hall–Kier alpha value is -2.01. The zero-order valence-corrected chi connectivity index (χ0v) is 14.2. The second-order valence-corrected chi connectivity index (χ2v) is 5.72. The largest absolute Gasteiger partial charge is 0.493 e. The highest BCUT2D eigenvalue weighted by molar-refractivity contribution is 5.81. The molecule has 1 atom stereocenters. The first-order chi connectivity index (χ1) is 11.1. The van der Waals surface area contributed by atoms with Crippen LogP contribution in [0.25, 0.3) is 0 Å². The second kappa shape index (κ2) is 8.02. The maximum Gasteiger partial charge on any atom is 0.237 e. The molecule has 0 unspecified atom stereocenters. The fourth-order valence-electron chi connectivity index (χ4n) is 2.94. The molecule has 0 saturated carbocycles. The summed E-state index contributed by atoms with van der Waals surface area (Å²) in [6.07, 6.45) is 3.49. The van der Waals surface area contributed by atoms with Crippen molar-refractivity contribution >= 4 is 5.91 Å². The molecule has 0 fully saturated rings. The molecule has 5 heteroatoms. The van der Waals surface area contributed by atoms with Crippen LogP contribution in [0.5, 0.6) is 11.5 Å². The van der Waals surface area contributed by atoms with E-state index in [9.17, 15) is 4.79 Å². The molecule has 0 spiro atoms. The fraction of sp³-hybridized carbons (Fsp3) is 0.500. The monoisotopic (exact) mass is 318 g/mol. The summed E-state index contributed by atoms with van der Waals surface area (Å²) in [5.41, 5.74) is 2.53. The predicted octanol–water partition coefficient (Wildman–Crippen LogP) is 1.80. The lowest BCUT2D eigenvalue weighted by Gasteiger charge is -2.26. The molecule has 1 N–H and O–H groups in total. The Balaban J connectivity index is 2.10. The Labute approximate surface area is 138 Å². The van der Waals surface area contributed by atoms with Gasteiger partial charge >= 0.3 is 0 Å². The van der Waals surface area contributed by atoms with E-state index in [1.54, 1.807) is 20.3 Å². The Morgan fingerprint density at radius 2 is 1.78 bits per heavy atom. The van der Waals surface area contributed by atoms with Crippen molar-refractivity contribution in [2.75, 3.05) is 33.9 Å². The fourth-order valence-corrected chi connectivity index (χ4v) is 2.94. The number of amides is 1. The van der Waals surface area contributed by atoms with Crippen molar-refractivity contribution in [2.45, 2.75) is 25.8 Å². The van der Waals surface area contributed by atoms with Crippen molar-refractivity contribution < 1.29 is 14.3 Å². The summed E-state index contributed by atoms with van der Waals surface area (Å²) in [6, 6.07) is 3.97. The van der Waals surface area contributed by atoms with E-state index in [0.29, 0.717) is 6.54 Å². The van der Waals surface area contributed by atoms with E-state index in [4.69, 9.17) is 9.47 Å². The van der Waals surface area contributed by atoms with Gasteiger partial charge in [-0.3, -0.25) is 9.69 Å². The highest BCUT2D eigenvalue weighted by atomic mass is 16.5. The predicted molar refractivity (Wildman–Crippen MR) is 91.2 cm³/mol. The van der Waals surface area contributed by atoms with Gasteiger partial charge in [-0.25, -0.2) is 0 Å². The van der Waals surface area contributed by atoms with E-state index < -0.39 is 0 Å². The zero-order valence-electron chi connectivity index (χ0n) is 14.2. The molecule has 0 radical (unpaired) electrons. The van der Waals surface area contributed by atoms with Crippen LogP contribution < -0.4 is 14.8 Å². The summed E-state index contributed by atoms with van der Waals surface area (Å²) >= 11 is 0. The highest BCUT2D eigenvalue weighted by Gasteiger charge is 2.24. The average Bonchev–Trinajstić information content (AvgIpc) is 2.79. The molecule has 5 nitrogen and oxygen atoms in total. The summed E-state index contributed by atoms with van der Waals surface area (Å²) < 4.78 is 10.8. The number of benzene rings is 1. The molecule has 1 heterocycles. The van der Waals surface area contributed by atoms with Crippen molar-refractivity contribution in [1.82, 2.24) is 10.2 Å². The van der Waals surface area contributed by atoms with Gasteiger partial charge in [0.2, 0.25) is 5.91 Å². The van der Waals surface area contributed by atoms with Gasteiger partial charge < -0.3 is 14.8 Å². The molecule has 0 bridgehead atoms. The zero-order chi connectivity index (χ0) is 16.8. The van der Waals surface area contributed by atoms with Crippen LogP contribution in [0.3, 0.4) is 0 Å². The summed E-state index contributed by atoms with van der Waals surface area (Å²) in [6.45, 7) is 7.79. The van der Waals surface area contributed by atoms with Crippen molar-refractivity contribution in [1.29, 1.82) is 0 Å². The van der Waals surface area contributed by atoms with Gasteiger partial charge in [-0.05, 0) is 43.0 Å². The summed E-state index contributed by atoms with van der Waals surface area (Å²) in [5, 5.41) is 2.87. The molecular formula is C18H26N2O3. The number of fused-ring (bicyclic) bond motifs is 1. The van der Waals surface area contributed by atoms with Crippen LogP contribution in [-0.2, 0) is 17.6 Å². The second-order valence-electron chi connectivity index (χ2n) is 5.72. The van der Waals surface area contributed by atoms with Crippen LogP contribution in [0.2, 0.25) is 0 Å². The lowest BCUT2D eigenvalue weighted by molar-refractivity contribution is -0.125. The van der Waals surface area contributed by atoms with Crippen molar-refractivity contribution in [3.05, 3.63) is 35.9 Å². The molecule has 1 aromatic carbocycles. The Kier molecular flexibility index (Phi) is 6.04. The van der Waals surface area contributed by atoms with Gasteiger partial charge in [0, 0.05) is 19.6 Å². The van der Waals surface area contributed by atoms with Crippen LogP contribution in [0.15, 0.2) is 24.8 Å². The van der Waals surface area contributed by atoms with E-state index in [1.165, 1.54) is 11.1 Å². The van der Waals surface area contributed by atoms with E-state index in [-0.39, 0.29) is 11.9 Å². The summed E-state index contributed by atoms with van der Waals surface area (Å²) in [5.74, 6) is 1.57. The standard InChI is InChI=1S/C18H26N2O3/c1-5-8-19-18(21)13(2)20-9-6-14-11-16(22-3)17(23-4)12-15(14)7-10-20/h5,11-13H,1,6-10H2,2-4H3,(H,19,21)/t13-/m0/s1. The number of carbonyl (C=O) groups excluding carboxylic acids is 1. The van der Waals surface area contributed by atoms with Gasteiger partial charge in [-0.2, -0.15) is 0 Å².